The quantitative estimate of drug-likeness (QED) is 0.631. The molecular weight excluding hydrogens is 242 g/mol. The van der Waals surface area contributed by atoms with Crippen molar-refractivity contribution in [3.63, 3.8) is 0 Å². The maximum absolute atomic E-state index is 11.7. The second-order valence-electron chi connectivity index (χ2n) is 5.08. The van der Waals surface area contributed by atoms with Gasteiger partial charge in [-0.05, 0) is 32.8 Å². The number of ether oxygens (including phenoxy) is 1. The molecule has 1 rings (SSSR count). The molecule has 0 aromatic heterocycles. The van der Waals surface area contributed by atoms with Crippen LogP contribution in [0.1, 0.15) is 32.8 Å². The molecule has 0 spiro atoms. The molecule has 1 amide bonds. The van der Waals surface area contributed by atoms with Gasteiger partial charge in [-0.3, -0.25) is 9.59 Å². The zero-order valence-electron chi connectivity index (χ0n) is 11.7. The average Bonchev–Trinajstić information content (AvgIpc) is 2.28. The van der Waals surface area contributed by atoms with Crippen molar-refractivity contribution >= 4 is 11.9 Å². The Morgan fingerprint density at radius 2 is 1.84 bits per heavy atom. The number of carbonyl (C=O) groups is 2. The zero-order chi connectivity index (χ0) is 14.3. The number of benzene rings is 1. The minimum Gasteiger partial charge on any atom is -0.466 e. The molecule has 1 aromatic rings. The highest BCUT2D eigenvalue weighted by molar-refractivity contribution is 5.94. The minimum atomic E-state index is -0.490. The third kappa shape index (κ3) is 6.04. The van der Waals surface area contributed by atoms with Gasteiger partial charge in [0.15, 0.2) is 0 Å². The van der Waals surface area contributed by atoms with Gasteiger partial charge in [-0.2, -0.15) is 0 Å². The van der Waals surface area contributed by atoms with Gasteiger partial charge < -0.3 is 10.1 Å². The first-order valence-corrected chi connectivity index (χ1v) is 6.43. The van der Waals surface area contributed by atoms with E-state index in [1.54, 1.807) is 6.92 Å². The van der Waals surface area contributed by atoms with Crippen LogP contribution in [0.25, 0.3) is 0 Å². The molecule has 19 heavy (non-hydrogen) atoms. The normalized spacial score (nSPS) is 10.9. The topological polar surface area (TPSA) is 55.4 Å². The molecule has 0 aliphatic rings. The van der Waals surface area contributed by atoms with Crippen LogP contribution >= 0.6 is 0 Å². The van der Waals surface area contributed by atoms with Gasteiger partial charge in [0, 0.05) is 5.54 Å². The summed E-state index contributed by atoms with van der Waals surface area (Å²) >= 11 is 0. The van der Waals surface area contributed by atoms with Gasteiger partial charge in [-0.15, -0.1) is 0 Å². The largest absolute Gasteiger partial charge is 0.466 e. The molecule has 4 nitrogen and oxygen atoms in total. The lowest BCUT2D eigenvalue weighted by molar-refractivity contribution is -0.146. The van der Waals surface area contributed by atoms with Crippen LogP contribution in [0.3, 0.4) is 0 Å². The van der Waals surface area contributed by atoms with Crippen molar-refractivity contribution in [2.75, 3.05) is 6.61 Å². The SMILES string of the molecule is CCOC(=O)CC(=O)NC(C)(C)Cc1ccccc1. The van der Waals surface area contributed by atoms with E-state index < -0.39 is 11.5 Å². The Bertz CT molecular complexity index is 426. The Labute approximate surface area is 114 Å². The van der Waals surface area contributed by atoms with E-state index in [1.807, 2.05) is 44.2 Å². The van der Waals surface area contributed by atoms with Crippen molar-refractivity contribution in [1.82, 2.24) is 5.32 Å². The lowest BCUT2D eigenvalue weighted by atomic mass is 9.95. The summed E-state index contributed by atoms with van der Waals surface area (Å²) in [6, 6.07) is 9.91. The third-order valence-electron chi connectivity index (χ3n) is 2.58. The van der Waals surface area contributed by atoms with Crippen LogP contribution in [0.5, 0.6) is 0 Å². The number of hydrogen-bond acceptors (Lipinski definition) is 3. The van der Waals surface area contributed by atoms with Gasteiger partial charge >= 0.3 is 5.97 Å². The molecular formula is C15H21NO3. The summed E-state index contributed by atoms with van der Waals surface area (Å²) in [6.07, 6.45) is 0.481. The van der Waals surface area contributed by atoms with Crippen LogP contribution < -0.4 is 5.32 Å². The number of esters is 1. The molecule has 0 aliphatic carbocycles. The molecule has 0 bridgehead atoms. The Hall–Kier alpha value is -1.84. The van der Waals surface area contributed by atoms with E-state index in [1.165, 1.54) is 0 Å². The van der Waals surface area contributed by atoms with E-state index in [2.05, 4.69) is 5.32 Å². The maximum Gasteiger partial charge on any atom is 0.315 e. The second-order valence-corrected chi connectivity index (χ2v) is 5.08. The lowest BCUT2D eigenvalue weighted by Gasteiger charge is -2.26. The highest BCUT2D eigenvalue weighted by atomic mass is 16.5. The maximum atomic E-state index is 11.7. The molecule has 0 saturated heterocycles. The number of amides is 1. The average molecular weight is 263 g/mol. The fraction of sp³-hybridized carbons (Fsp3) is 0.467. The third-order valence-corrected chi connectivity index (χ3v) is 2.58. The smallest absolute Gasteiger partial charge is 0.315 e. The highest BCUT2D eigenvalue weighted by Gasteiger charge is 2.22. The summed E-state index contributed by atoms with van der Waals surface area (Å²) in [5.74, 6) is -0.796. The van der Waals surface area contributed by atoms with E-state index in [0.29, 0.717) is 13.0 Å². The first kappa shape index (κ1) is 15.2. The molecule has 0 radical (unpaired) electrons. The number of carbonyl (C=O) groups excluding carboxylic acids is 2. The van der Waals surface area contributed by atoms with Crippen LogP contribution in [0.4, 0.5) is 0 Å². The van der Waals surface area contributed by atoms with Gasteiger partial charge in [0.25, 0.3) is 0 Å². The molecule has 0 atom stereocenters. The van der Waals surface area contributed by atoms with E-state index in [-0.39, 0.29) is 12.3 Å². The van der Waals surface area contributed by atoms with Crippen molar-refractivity contribution in [2.45, 2.75) is 39.2 Å². The van der Waals surface area contributed by atoms with Crippen LogP contribution in [0.2, 0.25) is 0 Å². The molecule has 0 heterocycles. The van der Waals surface area contributed by atoms with Crippen LogP contribution in [-0.4, -0.2) is 24.0 Å². The van der Waals surface area contributed by atoms with Gasteiger partial charge in [0.1, 0.15) is 6.42 Å². The van der Waals surface area contributed by atoms with Crippen molar-refractivity contribution < 1.29 is 14.3 Å². The van der Waals surface area contributed by atoms with Gasteiger partial charge in [0.2, 0.25) is 5.91 Å². The Morgan fingerprint density at radius 1 is 1.21 bits per heavy atom. The number of rotatable bonds is 6. The first-order chi connectivity index (χ1) is 8.93. The van der Waals surface area contributed by atoms with Gasteiger partial charge in [0.05, 0.1) is 6.61 Å². The summed E-state index contributed by atoms with van der Waals surface area (Å²) in [4.78, 5) is 22.9. The number of nitrogens with one attached hydrogen (secondary N) is 1. The van der Waals surface area contributed by atoms with Crippen molar-refractivity contribution in [2.24, 2.45) is 0 Å². The summed E-state index contributed by atoms with van der Waals surface area (Å²) < 4.78 is 4.75. The Morgan fingerprint density at radius 3 is 2.42 bits per heavy atom. The van der Waals surface area contributed by atoms with Crippen LogP contribution in [0.15, 0.2) is 30.3 Å². The summed E-state index contributed by atoms with van der Waals surface area (Å²) in [5.41, 5.74) is 0.745. The fourth-order valence-corrected chi connectivity index (χ4v) is 1.92. The van der Waals surface area contributed by atoms with Crippen molar-refractivity contribution in [1.29, 1.82) is 0 Å². The van der Waals surface area contributed by atoms with Crippen molar-refractivity contribution in [3.05, 3.63) is 35.9 Å². The molecule has 104 valence electrons. The molecule has 0 fully saturated rings. The molecule has 0 saturated carbocycles. The van der Waals surface area contributed by atoms with E-state index in [0.717, 1.165) is 5.56 Å². The predicted molar refractivity (Wildman–Crippen MR) is 73.6 cm³/mol. The summed E-state index contributed by atoms with van der Waals surface area (Å²) in [7, 11) is 0. The van der Waals surface area contributed by atoms with Crippen LogP contribution in [0, 0.1) is 0 Å². The van der Waals surface area contributed by atoms with Crippen molar-refractivity contribution in [3.8, 4) is 0 Å². The lowest BCUT2D eigenvalue weighted by Crippen LogP contribution is -2.45. The van der Waals surface area contributed by atoms with Gasteiger partial charge in [-0.1, -0.05) is 30.3 Å². The predicted octanol–water partition coefficient (Wildman–Crippen LogP) is 2.08. The summed E-state index contributed by atoms with van der Waals surface area (Å²) in [5, 5.41) is 2.85. The van der Waals surface area contributed by atoms with Gasteiger partial charge in [-0.25, -0.2) is 0 Å². The van der Waals surface area contributed by atoms with E-state index in [4.69, 9.17) is 4.74 Å². The zero-order valence-corrected chi connectivity index (χ0v) is 11.7. The monoisotopic (exact) mass is 263 g/mol. The first-order valence-electron chi connectivity index (χ1n) is 6.43. The molecule has 1 aromatic carbocycles. The minimum absolute atomic E-state index is 0.230. The standard InChI is InChI=1S/C15H21NO3/c1-4-19-14(18)10-13(17)16-15(2,3)11-12-8-6-5-7-9-12/h5-9H,4,10-11H2,1-3H3,(H,16,17). The Kier molecular flexibility index (Phi) is 5.55. The number of hydrogen-bond donors (Lipinski definition) is 1. The molecule has 4 heteroatoms. The van der Waals surface area contributed by atoms with Crippen LogP contribution in [-0.2, 0) is 20.7 Å². The molecule has 1 N–H and O–H groups in total. The molecule has 0 unspecified atom stereocenters. The highest BCUT2D eigenvalue weighted by Crippen LogP contribution is 2.12. The van der Waals surface area contributed by atoms with E-state index >= 15 is 0 Å². The fourth-order valence-electron chi connectivity index (χ4n) is 1.92. The Balaban J connectivity index is 2.50. The second kappa shape index (κ2) is 6.92. The summed E-state index contributed by atoms with van der Waals surface area (Å²) in [6.45, 7) is 5.88. The van der Waals surface area contributed by atoms with E-state index in [9.17, 15) is 9.59 Å². The molecule has 0 aliphatic heterocycles.